The topological polar surface area (TPSA) is 121 Å². The molecule has 216 valence electrons. The van der Waals surface area contributed by atoms with Crippen LogP contribution in [-0.4, -0.2) is 23.4 Å². The SMILES string of the molecule is N#Cc1ccc2c(c1)B1c3cc(C#N)ccc3Sc3c1c(nc1c4c5c(nc31)Sc1ccc(C#N)cc1B5c1cc(C#N)ccc1S4)S2. The van der Waals surface area contributed by atoms with Gasteiger partial charge in [0.2, 0.25) is 13.4 Å². The van der Waals surface area contributed by atoms with Crippen LogP contribution in [0, 0.1) is 45.3 Å². The van der Waals surface area contributed by atoms with Crippen LogP contribution in [0.5, 0.6) is 0 Å². The molecular weight excluding hydrogens is 666 g/mol. The third kappa shape index (κ3) is 3.81. The van der Waals surface area contributed by atoms with Gasteiger partial charge in [0.1, 0.15) is 11.0 Å². The molecule has 4 aliphatic heterocycles. The first kappa shape index (κ1) is 28.0. The summed E-state index contributed by atoms with van der Waals surface area (Å²) >= 11 is 6.57. The van der Waals surface area contributed by atoms with Crippen LogP contribution in [-0.2, 0) is 0 Å². The Balaban J connectivity index is 1.29. The molecule has 6 nitrogen and oxygen atoms in total. The minimum absolute atomic E-state index is 0.196. The van der Waals surface area contributed by atoms with Gasteiger partial charge < -0.3 is 0 Å². The lowest BCUT2D eigenvalue weighted by atomic mass is 9.36. The second-order valence-corrected chi connectivity index (χ2v) is 15.9. The number of benzene rings is 4. The van der Waals surface area contributed by atoms with Crippen molar-refractivity contribution in [1.82, 2.24) is 9.97 Å². The third-order valence-electron chi connectivity index (χ3n) is 9.25. The summed E-state index contributed by atoms with van der Waals surface area (Å²) in [6.07, 6.45) is 0. The van der Waals surface area contributed by atoms with Crippen LogP contribution < -0.4 is 32.8 Å². The fourth-order valence-corrected chi connectivity index (χ4v) is 12.0. The Kier molecular flexibility index (Phi) is 5.96. The molecule has 10 rings (SSSR count). The Morgan fingerprint density at radius 3 is 1.06 bits per heavy atom. The van der Waals surface area contributed by atoms with Crippen LogP contribution in [0.15, 0.2) is 112 Å². The van der Waals surface area contributed by atoms with E-state index in [9.17, 15) is 21.0 Å². The zero-order valence-electron chi connectivity index (χ0n) is 24.4. The van der Waals surface area contributed by atoms with Crippen molar-refractivity contribution in [3.05, 3.63) is 95.1 Å². The van der Waals surface area contributed by atoms with E-state index < -0.39 is 0 Å². The van der Waals surface area contributed by atoms with Crippen LogP contribution >= 0.6 is 47.0 Å². The lowest BCUT2D eigenvalue weighted by Crippen LogP contribution is -2.59. The maximum Gasteiger partial charge on any atom is 0.249 e. The molecule has 0 bridgehead atoms. The summed E-state index contributed by atoms with van der Waals surface area (Å²) in [5.74, 6) is 0. The molecule has 0 radical (unpaired) electrons. The quantitative estimate of drug-likeness (QED) is 0.218. The van der Waals surface area contributed by atoms with Crippen molar-refractivity contribution in [2.45, 2.75) is 39.4 Å². The number of nitriles is 4. The van der Waals surface area contributed by atoms with Crippen LogP contribution in [0.25, 0.3) is 11.0 Å². The highest BCUT2D eigenvalue weighted by Gasteiger charge is 2.44. The highest BCUT2D eigenvalue weighted by molar-refractivity contribution is 8.02. The number of aromatic nitrogens is 2. The smallest absolute Gasteiger partial charge is 0.239 e. The van der Waals surface area contributed by atoms with Gasteiger partial charge in [-0.3, -0.25) is 0 Å². The second kappa shape index (κ2) is 10.2. The Bertz CT molecular complexity index is 2480. The van der Waals surface area contributed by atoms with E-state index in [4.69, 9.17) is 9.97 Å². The van der Waals surface area contributed by atoms with Crippen molar-refractivity contribution in [2.24, 2.45) is 0 Å². The minimum atomic E-state index is -0.196. The number of rotatable bonds is 0. The molecule has 0 fully saturated rings. The monoisotopic (exact) mass is 678 g/mol. The fourth-order valence-electron chi connectivity index (χ4n) is 7.20. The predicted molar refractivity (Wildman–Crippen MR) is 190 cm³/mol. The molecule has 0 N–H and O–H groups in total. The molecule has 4 aliphatic rings. The summed E-state index contributed by atoms with van der Waals surface area (Å²) in [5, 5.41) is 41.1. The average Bonchev–Trinajstić information content (AvgIpc) is 3.13. The number of pyridine rings is 2. The van der Waals surface area contributed by atoms with Crippen molar-refractivity contribution < 1.29 is 0 Å². The van der Waals surface area contributed by atoms with E-state index in [1.165, 1.54) is 0 Å². The van der Waals surface area contributed by atoms with Gasteiger partial charge in [-0.2, -0.15) is 21.0 Å². The molecule has 0 aliphatic carbocycles. The lowest BCUT2D eigenvalue weighted by Gasteiger charge is -2.35. The average molecular weight is 678 g/mol. The highest BCUT2D eigenvalue weighted by Crippen LogP contribution is 2.46. The maximum absolute atomic E-state index is 9.81. The predicted octanol–water partition coefficient (Wildman–Crippen LogP) is 4.01. The Morgan fingerprint density at radius 2 is 0.750 bits per heavy atom. The molecule has 0 saturated carbocycles. The summed E-state index contributed by atoms with van der Waals surface area (Å²) in [4.78, 5) is 17.1. The number of nitrogens with zero attached hydrogens (tertiary/aromatic N) is 6. The molecule has 0 amide bonds. The van der Waals surface area contributed by atoms with Crippen molar-refractivity contribution in [3.63, 3.8) is 0 Å². The standard InChI is InChI=1S/C36H12B2N6S4/c39-13-17-1-5-25-21(9-17)37-23-11-19(15-41)3-7-27(23)47-35-29(37)33(45-25)31-32(44-35)34-30-36(43-31)48-28-8-4-20(16-42)12-24(28)38(30)22-10-18(14-40)2-6-26(22)46-34/h1-12H. The number of hydrogen-bond acceptors (Lipinski definition) is 10. The van der Waals surface area contributed by atoms with Gasteiger partial charge >= 0.3 is 0 Å². The van der Waals surface area contributed by atoms with E-state index in [1.807, 2.05) is 72.8 Å². The van der Waals surface area contributed by atoms with Crippen molar-refractivity contribution in [1.29, 1.82) is 21.0 Å². The van der Waals surface area contributed by atoms with Gasteiger partial charge in [0.15, 0.2) is 0 Å². The largest absolute Gasteiger partial charge is 0.249 e. The maximum atomic E-state index is 9.81. The van der Waals surface area contributed by atoms with Crippen molar-refractivity contribution >= 4 is 104 Å². The van der Waals surface area contributed by atoms with Crippen LogP contribution in [0.1, 0.15) is 22.3 Å². The summed E-state index contributed by atoms with van der Waals surface area (Å²) in [7, 11) is 0. The zero-order valence-corrected chi connectivity index (χ0v) is 27.7. The van der Waals surface area contributed by atoms with Crippen LogP contribution in [0.4, 0.5) is 0 Å². The first-order valence-corrected chi connectivity index (χ1v) is 18.1. The molecule has 6 heterocycles. The van der Waals surface area contributed by atoms with E-state index in [-0.39, 0.29) is 13.4 Å². The first-order chi connectivity index (χ1) is 23.6. The van der Waals surface area contributed by atoms with Gasteiger partial charge in [0.05, 0.1) is 56.6 Å². The first-order valence-electron chi connectivity index (χ1n) is 14.9. The van der Waals surface area contributed by atoms with E-state index in [1.54, 1.807) is 47.0 Å². The minimum Gasteiger partial charge on any atom is -0.239 e. The van der Waals surface area contributed by atoms with E-state index >= 15 is 0 Å². The summed E-state index contributed by atoms with van der Waals surface area (Å²) in [5.41, 5.74) is 10.3. The molecule has 6 aromatic rings. The molecule has 12 heteroatoms. The summed E-state index contributed by atoms with van der Waals surface area (Å²) in [6, 6.07) is 32.6. The van der Waals surface area contributed by atoms with Crippen LogP contribution in [0.3, 0.4) is 0 Å². The number of fused-ring (bicyclic) bond motifs is 11. The third-order valence-corrected chi connectivity index (χ3v) is 13.9. The van der Waals surface area contributed by atoms with Crippen molar-refractivity contribution in [3.8, 4) is 24.3 Å². The molecule has 4 aromatic carbocycles. The lowest BCUT2D eigenvalue weighted by molar-refractivity contribution is 1.09. The molecular formula is C36H12B2N6S4. The van der Waals surface area contributed by atoms with E-state index in [0.29, 0.717) is 22.3 Å². The Labute approximate surface area is 292 Å². The van der Waals surface area contributed by atoms with Crippen molar-refractivity contribution in [2.75, 3.05) is 0 Å². The second-order valence-electron chi connectivity index (χ2n) is 11.7. The Morgan fingerprint density at radius 1 is 0.438 bits per heavy atom. The molecule has 48 heavy (non-hydrogen) atoms. The van der Waals surface area contributed by atoms with Gasteiger partial charge in [0, 0.05) is 29.4 Å². The molecule has 0 spiro atoms. The van der Waals surface area contributed by atoms with E-state index in [2.05, 4.69) is 24.3 Å². The van der Waals surface area contributed by atoms with Gasteiger partial charge in [0.25, 0.3) is 0 Å². The highest BCUT2D eigenvalue weighted by atomic mass is 32.2. The summed E-state index contributed by atoms with van der Waals surface area (Å²) < 4.78 is 0. The van der Waals surface area contributed by atoms with Gasteiger partial charge in [-0.05, 0) is 83.7 Å². The number of hydrogen-bond donors (Lipinski definition) is 0. The summed E-state index contributed by atoms with van der Waals surface area (Å²) in [6.45, 7) is -0.392. The molecule has 0 atom stereocenters. The van der Waals surface area contributed by atoms with Gasteiger partial charge in [-0.25, -0.2) is 9.97 Å². The Hall–Kier alpha value is -5.07. The molecule has 0 saturated heterocycles. The van der Waals surface area contributed by atoms with E-state index in [0.717, 1.165) is 83.2 Å². The van der Waals surface area contributed by atoms with Crippen LogP contribution in [0.2, 0.25) is 0 Å². The fraction of sp³-hybridized carbons (Fsp3) is 0. The molecule has 0 unspecified atom stereocenters. The van der Waals surface area contributed by atoms with Gasteiger partial charge in [-0.15, -0.1) is 0 Å². The van der Waals surface area contributed by atoms with Gasteiger partial charge in [-0.1, -0.05) is 68.9 Å². The normalized spacial score (nSPS) is 13.8. The molecule has 2 aromatic heterocycles. The zero-order chi connectivity index (χ0) is 32.3.